The molecule has 1 aliphatic rings. The van der Waals surface area contributed by atoms with E-state index in [1.54, 1.807) is 0 Å². The molecule has 3 N–H and O–H groups in total. The number of carbonyl (C=O) groups excluding carboxylic acids is 3. The molecule has 0 saturated carbocycles. The summed E-state index contributed by atoms with van der Waals surface area (Å²) in [6.45, 7) is -6.13. The van der Waals surface area contributed by atoms with E-state index in [9.17, 15) is 40.7 Å². The number of hydrogen-bond donors (Lipinski definition) is 2. The zero-order valence-electron chi connectivity index (χ0n) is 16.9. The molecular weight excluding hydrogens is 466 g/mol. The van der Waals surface area contributed by atoms with Crippen molar-refractivity contribution >= 4 is 29.1 Å². The van der Waals surface area contributed by atoms with E-state index < -0.39 is 62.1 Å². The Hall–Kier alpha value is -3.07. The fraction of sp³-hybridized carbons (Fsp3) is 0.500. The van der Waals surface area contributed by atoms with Crippen LogP contribution in [0.4, 0.5) is 37.7 Å². The smallest absolute Gasteiger partial charge is 0.387 e. The lowest BCUT2D eigenvalue weighted by molar-refractivity contribution is -0.134. The van der Waals surface area contributed by atoms with Gasteiger partial charge in [-0.1, -0.05) is 0 Å². The molecular formula is C18H20F6N4O5. The van der Waals surface area contributed by atoms with Gasteiger partial charge in [-0.3, -0.25) is 19.3 Å². The molecule has 2 rings (SSSR count). The van der Waals surface area contributed by atoms with Crippen molar-refractivity contribution in [3.63, 3.8) is 0 Å². The summed E-state index contributed by atoms with van der Waals surface area (Å²) in [4.78, 5) is 37.6. The Labute approximate surface area is 183 Å². The quantitative estimate of drug-likeness (QED) is 0.360. The monoisotopic (exact) mass is 486 g/mol. The maximum absolute atomic E-state index is 12.9. The van der Waals surface area contributed by atoms with Crippen molar-refractivity contribution in [1.29, 1.82) is 0 Å². The van der Waals surface area contributed by atoms with E-state index in [1.807, 2.05) is 0 Å². The summed E-state index contributed by atoms with van der Waals surface area (Å²) in [5.41, 5.74) is 4.75. The molecule has 1 fully saturated rings. The number of nitrogens with one attached hydrogen (secondary N) is 1. The second-order valence-corrected chi connectivity index (χ2v) is 6.69. The lowest BCUT2D eigenvalue weighted by Crippen LogP contribution is -2.54. The van der Waals surface area contributed by atoms with Crippen molar-refractivity contribution in [3.8, 4) is 5.75 Å². The first kappa shape index (κ1) is 26.2. The van der Waals surface area contributed by atoms with Crippen LogP contribution in [0.25, 0.3) is 0 Å². The third-order valence-corrected chi connectivity index (χ3v) is 4.35. The van der Waals surface area contributed by atoms with Gasteiger partial charge in [-0.25, -0.2) is 17.6 Å². The van der Waals surface area contributed by atoms with Crippen LogP contribution in [0.15, 0.2) is 18.2 Å². The molecule has 1 saturated heterocycles. The summed E-state index contributed by atoms with van der Waals surface area (Å²) in [6, 6.07) is 1.00. The first-order valence-corrected chi connectivity index (χ1v) is 9.37. The number of rotatable bonds is 11. The van der Waals surface area contributed by atoms with Gasteiger partial charge in [0.25, 0.3) is 24.7 Å². The predicted octanol–water partition coefficient (Wildman–Crippen LogP) is 1.28. The summed E-state index contributed by atoms with van der Waals surface area (Å²) in [6.07, 6.45) is -6.32. The van der Waals surface area contributed by atoms with Crippen molar-refractivity contribution in [2.45, 2.75) is 25.5 Å². The van der Waals surface area contributed by atoms with Crippen molar-refractivity contribution in [3.05, 3.63) is 18.2 Å². The van der Waals surface area contributed by atoms with Gasteiger partial charge in [0.15, 0.2) is 11.8 Å². The number of halogens is 6. The Morgan fingerprint density at radius 3 is 2.30 bits per heavy atom. The number of nitrogens with two attached hydrogens (primary N) is 1. The average Bonchev–Trinajstić information content (AvgIpc) is 2.67. The van der Waals surface area contributed by atoms with Crippen LogP contribution in [-0.4, -0.2) is 81.0 Å². The van der Waals surface area contributed by atoms with Gasteiger partial charge in [0.2, 0.25) is 5.91 Å². The second kappa shape index (κ2) is 11.7. The topological polar surface area (TPSA) is 114 Å². The molecule has 3 amide bonds. The van der Waals surface area contributed by atoms with Gasteiger partial charge in [0.1, 0.15) is 6.61 Å². The molecule has 0 aliphatic carbocycles. The van der Waals surface area contributed by atoms with Crippen molar-refractivity contribution < 1.29 is 50.2 Å². The van der Waals surface area contributed by atoms with E-state index in [4.69, 9.17) is 10.5 Å². The highest BCUT2D eigenvalue weighted by Gasteiger charge is 2.35. The maximum Gasteiger partial charge on any atom is 0.387 e. The Morgan fingerprint density at radius 1 is 1.15 bits per heavy atom. The molecule has 0 spiro atoms. The molecule has 1 aliphatic heterocycles. The van der Waals surface area contributed by atoms with Crippen LogP contribution in [-0.2, 0) is 19.1 Å². The lowest BCUT2D eigenvalue weighted by Gasteiger charge is -2.29. The molecule has 0 bridgehead atoms. The first-order chi connectivity index (χ1) is 15.5. The number of morpholine rings is 1. The lowest BCUT2D eigenvalue weighted by atomic mass is 10.1. The highest BCUT2D eigenvalue weighted by molar-refractivity contribution is 6.09. The fourth-order valence-corrected chi connectivity index (χ4v) is 3.10. The molecule has 33 heavy (non-hydrogen) atoms. The third kappa shape index (κ3) is 7.49. The summed E-state index contributed by atoms with van der Waals surface area (Å²) in [7, 11) is 0. The first-order valence-electron chi connectivity index (χ1n) is 9.37. The Kier molecular flexibility index (Phi) is 9.28. The standard InChI is InChI=1S/C18H20F6N4O5/c19-12(20)6-27(7-13(21)22)15(16(25)30)17(31)26-9-1-2-10(11(5-9)33-18(23)24)28-3-4-32-8-14(28)29/h1-2,5,12-13,15,18H,3-4,6-8H2,(H2,25,30)(H,26,31)/t15-/m1/s1. The van der Waals surface area contributed by atoms with Crippen LogP contribution in [0.2, 0.25) is 0 Å². The zero-order chi connectivity index (χ0) is 24.7. The summed E-state index contributed by atoms with van der Waals surface area (Å²) >= 11 is 0. The number of hydrogen-bond acceptors (Lipinski definition) is 6. The van der Waals surface area contributed by atoms with Crippen molar-refractivity contribution in [2.24, 2.45) is 5.73 Å². The molecule has 1 heterocycles. The van der Waals surface area contributed by atoms with Crippen LogP contribution in [0, 0.1) is 0 Å². The molecule has 184 valence electrons. The van der Waals surface area contributed by atoms with Crippen LogP contribution < -0.4 is 20.7 Å². The summed E-state index contributed by atoms with van der Waals surface area (Å²) in [5.74, 6) is -3.89. The molecule has 1 atom stereocenters. The Bertz CT molecular complexity index is 850. The van der Waals surface area contributed by atoms with E-state index in [2.05, 4.69) is 10.1 Å². The van der Waals surface area contributed by atoms with E-state index in [0.717, 1.165) is 23.1 Å². The number of anilines is 2. The Balaban J connectivity index is 2.31. The molecule has 0 aromatic heterocycles. The number of benzene rings is 1. The van der Waals surface area contributed by atoms with Gasteiger partial charge in [-0.2, -0.15) is 8.78 Å². The van der Waals surface area contributed by atoms with Gasteiger partial charge in [0.05, 0.1) is 25.4 Å². The predicted molar refractivity (Wildman–Crippen MR) is 101 cm³/mol. The SMILES string of the molecule is NC(=O)[C@H](C(=O)Nc1ccc(N2CCOCC2=O)c(OC(F)F)c1)N(CC(F)F)CC(F)F. The van der Waals surface area contributed by atoms with Gasteiger partial charge >= 0.3 is 6.61 Å². The van der Waals surface area contributed by atoms with Crippen molar-refractivity contribution in [2.75, 3.05) is 43.1 Å². The minimum Gasteiger partial charge on any atom is -0.433 e. The Morgan fingerprint density at radius 2 is 1.79 bits per heavy atom. The van der Waals surface area contributed by atoms with Crippen LogP contribution in [0.5, 0.6) is 5.75 Å². The highest BCUT2D eigenvalue weighted by atomic mass is 19.3. The van der Waals surface area contributed by atoms with E-state index in [-0.39, 0.29) is 36.0 Å². The van der Waals surface area contributed by atoms with E-state index in [1.165, 1.54) is 0 Å². The summed E-state index contributed by atoms with van der Waals surface area (Å²) < 4.78 is 86.3. The van der Waals surface area contributed by atoms with E-state index >= 15 is 0 Å². The van der Waals surface area contributed by atoms with Crippen LogP contribution >= 0.6 is 0 Å². The minimum atomic E-state index is -3.31. The van der Waals surface area contributed by atoms with Crippen LogP contribution in [0.3, 0.4) is 0 Å². The van der Waals surface area contributed by atoms with Gasteiger partial charge < -0.3 is 25.4 Å². The number of ether oxygens (including phenoxy) is 2. The maximum atomic E-state index is 12.9. The van der Waals surface area contributed by atoms with Gasteiger partial charge in [0, 0.05) is 18.3 Å². The molecule has 0 radical (unpaired) electrons. The zero-order valence-corrected chi connectivity index (χ0v) is 16.9. The number of carbonyl (C=O) groups is 3. The van der Waals surface area contributed by atoms with Gasteiger partial charge in [-0.05, 0) is 12.1 Å². The average molecular weight is 486 g/mol. The normalized spacial score (nSPS) is 15.5. The summed E-state index contributed by atoms with van der Waals surface area (Å²) in [5, 5.41) is 2.08. The molecule has 9 nitrogen and oxygen atoms in total. The number of primary amides is 1. The fourth-order valence-electron chi connectivity index (χ4n) is 3.10. The second-order valence-electron chi connectivity index (χ2n) is 6.69. The highest BCUT2D eigenvalue weighted by Crippen LogP contribution is 2.33. The molecule has 1 aromatic carbocycles. The third-order valence-electron chi connectivity index (χ3n) is 4.35. The van der Waals surface area contributed by atoms with Gasteiger partial charge in [-0.15, -0.1) is 0 Å². The molecule has 1 aromatic rings. The van der Waals surface area contributed by atoms with Crippen molar-refractivity contribution in [1.82, 2.24) is 4.90 Å². The largest absolute Gasteiger partial charge is 0.433 e. The minimum absolute atomic E-state index is 0.0318. The molecule has 15 heteroatoms. The number of amides is 3. The number of nitrogens with zero attached hydrogens (tertiary/aromatic N) is 2. The van der Waals surface area contributed by atoms with Crippen LogP contribution in [0.1, 0.15) is 0 Å². The van der Waals surface area contributed by atoms with E-state index in [0.29, 0.717) is 0 Å². The molecule has 0 unspecified atom stereocenters. The number of alkyl halides is 6.